The summed E-state index contributed by atoms with van der Waals surface area (Å²) in [6.07, 6.45) is 1.81. The summed E-state index contributed by atoms with van der Waals surface area (Å²) in [5.74, 6) is -0.153. The summed E-state index contributed by atoms with van der Waals surface area (Å²) in [5, 5.41) is 3.66. The Labute approximate surface area is 178 Å². The minimum atomic E-state index is -3.40. The van der Waals surface area contributed by atoms with Gasteiger partial charge in [-0.25, -0.2) is 8.42 Å². The van der Waals surface area contributed by atoms with Crippen molar-refractivity contribution in [2.45, 2.75) is 38.3 Å². The highest BCUT2D eigenvalue weighted by Gasteiger charge is 2.38. The highest BCUT2D eigenvalue weighted by Crippen LogP contribution is 2.28. The number of hydrogen-bond donors (Lipinski definition) is 1. The largest absolute Gasteiger partial charge is 0.379 e. The van der Waals surface area contributed by atoms with Gasteiger partial charge < -0.3 is 10.1 Å². The van der Waals surface area contributed by atoms with Crippen molar-refractivity contribution in [2.75, 3.05) is 45.1 Å². The average Bonchev–Trinajstić information content (AvgIpc) is 3.21. The van der Waals surface area contributed by atoms with Crippen LogP contribution in [0.2, 0.25) is 5.02 Å². The number of benzene rings is 1. The van der Waals surface area contributed by atoms with Gasteiger partial charge >= 0.3 is 0 Å². The van der Waals surface area contributed by atoms with Crippen LogP contribution in [0.4, 0.5) is 0 Å². The summed E-state index contributed by atoms with van der Waals surface area (Å²) in [5.41, 5.74) is 0.957. The molecule has 3 rings (SSSR count). The van der Waals surface area contributed by atoms with Crippen LogP contribution in [0, 0.1) is 0 Å². The second-order valence-electron chi connectivity index (χ2n) is 7.52. The Balaban J connectivity index is 1.72. The number of morpholine rings is 1. The van der Waals surface area contributed by atoms with E-state index in [2.05, 4.69) is 10.2 Å². The third-order valence-corrected chi connectivity index (χ3v) is 7.97. The van der Waals surface area contributed by atoms with E-state index in [9.17, 15) is 13.2 Å². The van der Waals surface area contributed by atoms with Crippen molar-refractivity contribution in [3.05, 3.63) is 34.9 Å². The third-order valence-electron chi connectivity index (χ3n) is 5.55. The highest BCUT2D eigenvalue weighted by molar-refractivity contribution is 7.89. The molecule has 0 aromatic heterocycles. The molecule has 9 heteroatoms. The normalized spacial score (nSPS) is 22.5. The number of nitrogens with one attached hydrogen (secondary N) is 1. The average molecular weight is 444 g/mol. The van der Waals surface area contributed by atoms with Crippen LogP contribution in [0.25, 0.3) is 0 Å². The smallest absolute Gasteiger partial charge is 0.238 e. The molecule has 2 aliphatic heterocycles. The van der Waals surface area contributed by atoms with Crippen molar-refractivity contribution < 1.29 is 17.9 Å². The molecule has 162 valence electrons. The van der Waals surface area contributed by atoms with Crippen LogP contribution >= 0.6 is 11.6 Å². The Kier molecular flexibility index (Phi) is 7.92. The lowest BCUT2D eigenvalue weighted by Gasteiger charge is -2.35. The van der Waals surface area contributed by atoms with Gasteiger partial charge in [-0.05, 0) is 30.9 Å². The molecular formula is C20H30ClN3O4S. The topological polar surface area (TPSA) is 79.0 Å². The fourth-order valence-corrected chi connectivity index (χ4v) is 6.10. The molecule has 0 saturated carbocycles. The van der Waals surface area contributed by atoms with Gasteiger partial charge in [0.15, 0.2) is 0 Å². The first-order valence-electron chi connectivity index (χ1n) is 10.3. The van der Waals surface area contributed by atoms with Crippen molar-refractivity contribution in [1.29, 1.82) is 0 Å². The zero-order valence-corrected chi connectivity index (χ0v) is 18.4. The lowest BCUT2D eigenvalue weighted by Crippen LogP contribution is -2.49. The molecule has 2 heterocycles. The molecule has 2 saturated heterocycles. The number of nitrogens with zero attached hydrogens (tertiary/aromatic N) is 2. The van der Waals surface area contributed by atoms with Crippen LogP contribution in [0.15, 0.2) is 24.3 Å². The molecular weight excluding hydrogens is 414 g/mol. The van der Waals surface area contributed by atoms with E-state index in [4.69, 9.17) is 16.3 Å². The molecule has 2 atom stereocenters. The highest BCUT2D eigenvalue weighted by atomic mass is 35.5. The minimum Gasteiger partial charge on any atom is -0.379 e. The van der Waals surface area contributed by atoms with Crippen molar-refractivity contribution >= 4 is 27.5 Å². The molecule has 1 aromatic carbocycles. The fraction of sp³-hybridized carbons (Fsp3) is 0.650. The molecule has 7 nitrogen and oxygen atoms in total. The van der Waals surface area contributed by atoms with Crippen LogP contribution < -0.4 is 5.32 Å². The van der Waals surface area contributed by atoms with Crippen molar-refractivity contribution in [3.8, 4) is 0 Å². The van der Waals surface area contributed by atoms with E-state index < -0.39 is 16.1 Å². The van der Waals surface area contributed by atoms with Gasteiger partial charge in [0.25, 0.3) is 0 Å². The van der Waals surface area contributed by atoms with Crippen LogP contribution in [0.5, 0.6) is 0 Å². The summed E-state index contributed by atoms with van der Waals surface area (Å²) in [4.78, 5) is 15.2. The Morgan fingerprint density at radius 3 is 2.69 bits per heavy atom. The van der Waals surface area contributed by atoms with E-state index in [1.165, 1.54) is 4.31 Å². The summed E-state index contributed by atoms with van der Waals surface area (Å²) in [6, 6.07) is 6.94. The number of amides is 1. The Morgan fingerprint density at radius 2 is 2.00 bits per heavy atom. The van der Waals surface area contributed by atoms with E-state index in [1.807, 2.05) is 31.2 Å². The fourth-order valence-electron chi connectivity index (χ4n) is 4.10. The van der Waals surface area contributed by atoms with Crippen molar-refractivity contribution in [1.82, 2.24) is 14.5 Å². The van der Waals surface area contributed by atoms with Gasteiger partial charge in [0.2, 0.25) is 15.9 Å². The quantitative estimate of drug-likeness (QED) is 0.665. The second-order valence-corrected chi connectivity index (χ2v) is 9.96. The number of ether oxygens (including phenoxy) is 1. The summed E-state index contributed by atoms with van der Waals surface area (Å²) in [7, 11) is -3.40. The summed E-state index contributed by atoms with van der Waals surface area (Å²) < 4.78 is 31.9. The molecule has 2 aliphatic rings. The minimum absolute atomic E-state index is 0.0762. The van der Waals surface area contributed by atoms with Gasteiger partial charge in [-0.15, -0.1) is 0 Å². The first-order valence-corrected chi connectivity index (χ1v) is 12.3. The predicted molar refractivity (Wildman–Crippen MR) is 113 cm³/mol. The van der Waals surface area contributed by atoms with Gasteiger partial charge in [0.05, 0.1) is 25.0 Å². The molecule has 1 amide bonds. The van der Waals surface area contributed by atoms with Crippen LogP contribution in [0.3, 0.4) is 0 Å². The van der Waals surface area contributed by atoms with Gasteiger partial charge in [-0.1, -0.05) is 36.7 Å². The number of carbonyl (C=O) groups is 1. The maximum absolute atomic E-state index is 12.9. The van der Waals surface area contributed by atoms with Crippen LogP contribution in [-0.2, 0) is 19.6 Å². The molecule has 29 heavy (non-hydrogen) atoms. The lowest BCUT2D eigenvalue weighted by atomic mass is 10.0. The SMILES string of the molecule is CCCS(=O)(=O)N1CCCC1C(=O)NCC(c1ccccc1Cl)N1CCOCC1. The Morgan fingerprint density at radius 1 is 1.28 bits per heavy atom. The number of carbonyl (C=O) groups excluding carboxylic acids is 1. The van der Waals surface area contributed by atoms with E-state index in [0.717, 1.165) is 18.7 Å². The Bertz CT molecular complexity index is 799. The molecule has 0 bridgehead atoms. The number of hydrogen-bond acceptors (Lipinski definition) is 5. The van der Waals surface area contributed by atoms with Gasteiger partial charge in [0, 0.05) is 31.2 Å². The Hall–Kier alpha value is -1.19. The molecule has 1 N–H and O–H groups in total. The molecule has 0 radical (unpaired) electrons. The standard InChI is InChI=1S/C20H30ClN3O4S/c1-2-14-29(26,27)24-9-5-8-18(24)20(25)22-15-19(23-10-12-28-13-11-23)16-6-3-4-7-17(16)21/h3-4,6-7,18-19H,2,5,8-15H2,1H3,(H,22,25). The first-order chi connectivity index (χ1) is 13.9. The monoisotopic (exact) mass is 443 g/mol. The van der Waals surface area contributed by atoms with E-state index in [0.29, 0.717) is 50.6 Å². The van der Waals surface area contributed by atoms with Gasteiger partial charge in [0.1, 0.15) is 6.04 Å². The zero-order chi connectivity index (χ0) is 20.9. The van der Waals surface area contributed by atoms with Crippen molar-refractivity contribution in [2.24, 2.45) is 0 Å². The first kappa shape index (κ1) is 22.5. The van der Waals surface area contributed by atoms with Gasteiger partial charge in [-0.2, -0.15) is 4.31 Å². The second kappa shape index (κ2) is 10.2. The maximum atomic E-state index is 12.9. The molecule has 0 aliphatic carbocycles. The molecule has 1 aromatic rings. The maximum Gasteiger partial charge on any atom is 0.238 e. The number of halogens is 1. The van der Waals surface area contributed by atoms with Gasteiger partial charge in [-0.3, -0.25) is 9.69 Å². The zero-order valence-electron chi connectivity index (χ0n) is 16.8. The molecule has 0 spiro atoms. The third kappa shape index (κ3) is 5.49. The van der Waals surface area contributed by atoms with Crippen LogP contribution in [0.1, 0.15) is 37.8 Å². The number of rotatable bonds is 8. The van der Waals surface area contributed by atoms with E-state index in [-0.39, 0.29) is 17.7 Å². The van der Waals surface area contributed by atoms with E-state index >= 15 is 0 Å². The predicted octanol–water partition coefficient (Wildman–Crippen LogP) is 2.03. The summed E-state index contributed by atoms with van der Waals surface area (Å²) >= 11 is 6.44. The van der Waals surface area contributed by atoms with Crippen LogP contribution in [-0.4, -0.2) is 74.7 Å². The number of sulfonamides is 1. The lowest BCUT2D eigenvalue weighted by molar-refractivity contribution is -0.124. The van der Waals surface area contributed by atoms with E-state index in [1.54, 1.807) is 0 Å². The van der Waals surface area contributed by atoms with Crippen molar-refractivity contribution in [3.63, 3.8) is 0 Å². The molecule has 2 unspecified atom stereocenters. The molecule has 2 fully saturated rings. The summed E-state index contributed by atoms with van der Waals surface area (Å²) in [6.45, 7) is 5.41.